The van der Waals surface area contributed by atoms with Gasteiger partial charge in [-0.3, -0.25) is 0 Å². The first-order valence-corrected chi connectivity index (χ1v) is 5.18. The van der Waals surface area contributed by atoms with Crippen molar-refractivity contribution in [2.45, 2.75) is 6.92 Å². The summed E-state index contributed by atoms with van der Waals surface area (Å²) in [7, 11) is 0. The number of aryl methyl sites for hydroxylation is 1. The lowest BCUT2D eigenvalue weighted by atomic mass is 10.1. The van der Waals surface area contributed by atoms with E-state index in [1.54, 1.807) is 13.0 Å². The fourth-order valence-corrected chi connectivity index (χ4v) is 2.00. The number of rotatable bonds is 1. The quantitative estimate of drug-likeness (QED) is 0.863. The number of hydrogen-bond acceptors (Lipinski definition) is 2. The number of benzene rings is 1. The van der Waals surface area contributed by atoms with Gasteiger partial charge < -0.3 is 5.11 Å². The molecule has 1 aromatic heterocycles. The minimum Gasteiger partial charge on any atom is -0.477 e. The first kappa shape index (κ1) is 10.1. The normalized spacial score (nSPS) is 10.5. The van der Waals surface area contributed by atoms with Gasteiger partial charge >= 0.3 is 5.97 Å². The molecule has 0 spiro atoms. The van der Waals surface area contributed by atoms with Crippen LogP contribution in [0, 0.1) is 6.92 Å². The molecule has 2 aromatic rings. The van der Waals surface area contributed by atoms with Gasteiger partial charge in [-0.1, -0.05) is 28.1 Å². The van der Waals surface area contributed by atoms with Crippen molar-refractivity contribution in [1.29, 1.82) is 0 Å². The molecule has 0 aliphatic heterocycles. The third-order valence-electron chi connectivity index (χ3n) is 2.23. The highest BCUT2D eigenvalue weighted by molar-refractivity contribution is 9.10. The highest BCUT2D eigenvalue weighted by atomic mass is 79.9. The van der Waals surface area contributed by atoms with E-state index in [1.807, 2.05) is 18.2 Å². The second-order valence-electron chi connectivity index (χ2n) is 3.23. The molecule has 1 aromatic carbocycles. The zero-order valence-corrected chi connectivity index (χ0v) is 9.58. The van der Waals surface area contributed by atoms with Gasteiger partial charge in [0.1, 0.15) is 5.69 Å². The van der Waals surface area contributed by atoms with Crippen molar-refractivity contribution in [1.82, 2.24) is 4.98 Å². The average Bonchev–Trinajstić information content (AvgIpc) is 2.19. The van der Waals surface area contributed by atoms with E-state index in [1.165, 1.54) is 0 Å². The molecule has 15 heavy (non-hydrogen) atoms. The predicted molar refractivity (Wildman–Crippen MR) is 61.1 cm³/mol. The molecule has 0 amide bonds. The first-order valence-electron chi connectivity index (χ1n) is 4.39. The number of carbonyl (C=O) groups is 1. The molecular formula is C11H8BrNO2. The lowest BCUT2D eigenvalue weighted by molar-refractivity contribution is 0.0690. The highest BCUT2D eigenvalue weighted by Gasteiger charge is 2.09. The topological polar surface area (TPSA) is 50.2 Å². The molecule has 0 bridgehead atoms. The Labute approximate surface area is 94.9 Å². The van der Waals surface area contributed by atoms with Gasteiger partial charge in [-0.2, -0.15) is 0 Å². The van der Waals surface area contributed by atoms with E-state index in [0.717, 1.165) is 20.9 Å². The Hall–Kier alpha value is -1.42. The molecule has 2 rings (SSSR count). The number of hydrogen-bond donors (Lipinski definition) is 1. The van der Waals surface area contributed by atoms with Gasteiger partial charge in [-0.25, -0.2) is 9.78 Å². The summed E-state index contributed by atoms with van der Waals surface area (Å²) in [6.45, 7) is 1.81. The van der Waals surface area contributed by atoms with Crippen molar-refractivity contribution in [3.8, 4) is 0 Å². The molecule has 0 fully saturated rings. The van der Waals surface area contributed by atoms with E-state index in [4.69, 9.17) is 5.11 Å². The summed E-state index contributed by atoms with van der Waals surface area (Å²) >= 11 is 3.39. The summed E-state index contributed by atoms with van der Waals surface area (Å²) in [6, 6.07) is 7.29. The smallest absolute Gasteiger partial charge is 0.354 e. The summed E-state index contributed by atoms with van der Waals surface area (Å²) in [5, 5.41) is 10.7. The van der Waals surface area contributed by atoms with Crippen LogP contribution < -0.4 is 0 Å². The number of carboxylic acid groups (broad SMARTS) is 1. The van der Waals surface area contributed by atoms with Crippen molar-refractivity contribution in [3.05, 3.63) is 40.1 Å². The standard InChI is InChI=1S/C11H8BrNO2/c1-6-7-3-2-4-9(12)8(7)5-10(13-6)11(14)15/h2-5H,1H3,(H,14,15). The monoisotopic (exact) mass is 265 g/mol. The molecule has 0 atom stereocenters. The lowest BCUT2D eigenvalue weighted by Crippen LogP contribution is -2.01. The van der Waals surface area contributed by atoms with Crippen LogP contribution in [-0.2, 0) is 0 Å². The van der Waals surface area contributed by atoms with Crippen molar-refractivity contribution in [2.24, 2.45) is 0 Å². The molecule has 0 saturated carbocycles. The van der Waals surface area contributed by atoms with Gasteiger partial charge in [0.2, 0.25) is 0 Å². The summed E-state index contributed by atoms with van der Waals surface area (Å²) < 4.78 is 0.882. The van der Waals surface area contributed by atoms with Crippen molar-refractivity contribution < 1.29 is 9.90 Å². The van der Waals surface area contributed by atoms with Crippen LogP contribution in [0.15, 0.2) is 28.7 Å². The molecule has 1 N–H and O–H groups in total. The Kier molecular flexibility index (Phi) is 2.44. The Morgan fingerprint density at radius 1 is 1.40 bits per heavy atom. The fourth-order valence-electron chi connectivity index (χ4n) is 1.52. The van der Waals surface area contributed by atoms with Crippen molar-refractivity contribution in [3.63, 3.8) is 0 Å². The Morgan fingerprint density at radius 3 is 2.80 bits per heavy atom. The number of pyridine rings is 1. The molecule has 0 aliphatic rings. The SMILES string of the molecule is Cc1nc(C(=O)O)cc2c(Br)cccc12. The van der Waals surface area contributed by atoms with E-state index in [0.29, 0.717) is 0 Å². The van der Waals surface area contributed by atoms with E-state index >= 15 is 0 Å². The van der Waals surface area contributed by atoms with Crippen LogP contribution in [-0.4, -0.2) is 16.1 Å². The molecular weight excluding hydrogens is 258 g/mol. The third kappa shape index (κ3) is 1.72. The molecule has 1 heterocycles. The molecule has 76 valence electrons. The molecule has 3 nitrogen and oxygen atoms in total. The Morgan fingerprint density at radius 2 is 2.13 bits per heavy atom. The number of aromatic carboxylic acids is 1. The summed E-state index contributed by atoms with van der Waals surface area (Å²) in [6.07, 6.45) is 0. The van der Waals surface area contributed by atoms with Crippen LogP contribution in [0.3, 0.4) is 0 Å². The van der Waals surface area contributed by atoms with Crippen molar-refractivity contribution >= 4 is 32.7 Å². The van der Waals surface area contributed by atoms with Crippen LogP contribution in [0.2, 0.25) is 0 Å². The fraction of sp³-hybridized carbons (Fsp3) is 0.0909. The van der Waals surface area contributed by atoms with E-state index in [9.17, 15) is 4.79 Å². The second kappa shape index (κ2) is 3.62. The van der Waals surface area contributed by atoms with Crippen LogP contribution in [0.25, 0.3) is 10.8 Å². The molecule has 0 unspecified atom stereocenters. The van der Waals surface area contributed by atoms with Gasteiger partial charge in [0.05, 0.1) is 0 Å². The minimum absolute atomic E-state index is 0.0758. The first-order chi connectivity index (χ1) is 7.09. The summed E-state index contributed by atoms with van der Waals surface area (Å²) in [5.74, 6) is -1.00. The largest absolute Gasteiger partial charge is 0.477 e. The van der Waals surface area contributed by atoms with Crippen LogP contribution >= 0.6 is 15.9 Å². The van der Waals surface area contributed by atoms with Crippen molar-refractivity contribution in [2.75, 3.05) is 0 Å². The third-order valence-corrected chi connectivity index (χ3v) is 2.92. The number of fused-ring (bicyclic) bond motifs is 1. The number of halogens is 1. The van der Waals surface area contributed by atoms with Gasteiger partial charge in [0.15, 0.2) is 0 Å². The Bertz CT molecular complexity index is 552. The molecule has 0 aliphatic carbocycles. The predicted octanol–water partition coefficient (Wildman–Crippen LogP) is 3.00. The molecule has 0 radical (unpaired) electrons. The second-order valence-corrected chi connectivity index (χ2v) is 4.09. The average molecular weight is 266 g/mol. The number of carboxylic acids is 1. The van der Waals surface area contributed by atoms with Gasteiger partial charge in [-0.15, -0.1) is 0 Å². The number of aromatic nitrogens is 1. The maximum atomic E-state index is 10.8. The van der Waals surface area contributed by atoms with Gasteiger partial charge in [0, 0.05) is 20.9 Å². The molecule has 4 heteroatoms. The van der Waals surface area contributed by atoms with E-state index in [-0.39, 0.29) is 5.69 Å². The highest BCUT2D eigenvalue weighted by Crippen LogP contribution is 2.25. The lowest BCUT2D eigenvalue weighted by Gasteiger charge is -2.04. The van der Waals surface area contributed by atoms with Crippen LogP contribution in [0.4, 0.5) is 0 Å². The van der Waals surface area contributed by atoms with Crippen LogP contribution in [0.5, 0.6) is 0 Å². The summed E-state index contributed by atoms with van der Waals surface area (Å²) in [5.41, 5.74) is 0.804. The zero-order chi connectivity index (χ0) is 11.0. The Balaban J connectivity index is 2.85. The maximum Gasteiger partial charge on any atom is 0.354 e. The van der Waals surface area contributed by atoms with Crippen LogP contribution in [0.1, 0.15) is 16.2 Å². The van der Waals surface area contributed by atoms with E-state index in [2.05, 4.69) is 20.9 Å². The zero-order valence-electron chi connectivity index (χ0n) is 7.99. The maximum absolute atomic E-state index is 10.8. The van der Waals surface area contributed by atoms with Gasteiger partial charge in [-0.05, 0) is 19.1 Å². The molecule has 0 saturated heterocycles. The van der Waals surface area contributed by atoms with Gasteiger partial charge in [0.25, 0.3) is 0 Å². The van der Waals surface area contributed by atoms with E-state index < -0.39 is 5.97 Å². The minimum atomic E-state index is -1.00. The summed E-state index contributed by atoms with van der Waals surface area (Å²) in [4.78, 5) is 14.9. The number of nitrogens with zero attached hydrogens (tertiary/aromatic N) is 1.